The third-order valence-electron chi connectivity index (χ3n) is 1.63. The van der Waals surface area contributed by atoms with Crippen molar-refractivity contribution in [2.75, 3.05) is 18.0 Å². The second-order valence-corrected chi connectivity index (χ2v) is 3.57. The maximum Gasteiger partial charge on any atom is 0.228 e. The molecular formula is C10H11Cl2N3. The van der Waals surface area contributed by atoms with Gasteiger partial charge < -0.3 is 4.90 Å². The highest BCUT2D eigenvalue weighted by Gasteiger charge is 2.08. The Morgan fingerprint density at radius 1 is 1.13 bits per heavy atom. The minimum absolute atomic E-state index is 0.322. The predicted molar refractivity (Wildman–Crippen MR) is 64.7 cm³/mol. The molecule has 15 heavy (non-hydrogen) atoms. The molecule has 80 valence electrons. The summed E-state index contributed by atoms with van der Waals surface area (Å²) in [5.41, 5.74) is 0. The first-order chi connectivity index (χ1) is 7.17. The molecule has 1 aromatic heterocycles. The predicted octanol–water partition coefficient (Wildman–Crippen LogP) is 2.96. The van der Waals surface area contributed by atoms with Crippen LogP contribution < -0.4 is 4.90 Å². The maximum atomic E-state index is 5.78. The van der Waals surface area contributed by atoms with Crippen molar-refractivity contribution in [3.63, 3.8) is 0 Å². The highest BCUT2D eigenvalue weighted by Crippen LogP contribution is 2.17. The first-order valence-corrected chi connectivity index (χ1v) is 5.09. The third kappa shape index (κ3) is 3.53. The molecule has 0 atom stereocenters. The molecule has 0 spiro atoms. The monoisotopic (exact) mass is 243 g/mol. The Bertz CT molecular complexity index is 335. The van der Waals surface area contributed by atoms with E-state index in [1.807, 2.05) is 4.90 Å². The standard InChI is InChI=1S/C10H11Cl2N3/c1-3-5-15(6-4-2)10-13-8(11)7-9(12)14-10/h3-4,7H,1-2,5-6H2. The summed E-state index contributed by atoms with van der Waals surface area (Å²) in [5.74, 6) is 0.479. The molecular weight excluding hydrogens is 233 g/mol. The van der Waals surface area contributed by atoms with Gasteiger partial charge in [-0.25, -0.2) is 9.97 Å². The zero-order valence-electron chi connectivity index (χ0n) is 8.16. The fourth-order valence-electron chi connectivity index (χ4n) is 1.07. The van der Waals surface area contributed by atoms with Crippen molar-refractivity contribution in [1.82, 2.24) is 9.97 Å². The Balaban J connectivity index is 2.98. The Hall–Kier alpha value is -1.06. The van der Waals surface area contributed by atoms with Gasteiger partial charge in [-0.05, 0) is 0 Å². The van der Waals surface area contributed by atoms with Crippen molar-refractivity contribution in [1.29, 1.82) is 0 Å². The van der Waals surface area contributed by atoms with E-state index >= 15 is 0 Å². The van der Waals surface area contributed by atoms with Gasteiger partial charge in [0, 0.05) is 19.2 Å². The molecule has 1 heterocycles. The Morgan fingerprint density at radius 3 is 2.00 bits per heavy atom. The van der Waals surface area contributed by atoms with Crippen LogP contribution in [0.15, 0.2) is 31.4 Å². The van der Waals surface area contributed by atoms with Crippen LogP contribution in [0.5, 0.6) is 0 Å². The molecule has 0 unspecified atom stereocenters. The van der Waals surface area contributed by atoms with E-state index in [9.17, 15) is 0 Å². The smallest absolute Gasteiger partial charge is 0.228 e. The van der Waals surface area contributed by atoms with E-state index < -0.39 is 0 Å². The van der Waals surface area contributed by atoms with Crippen LogP contribution in [0.2, 0.25) is 10.3 Å². The topological polar surface area (TPSA) is 29.0 Å². The lowest BCUT2D eigenvalue weighted by Crippen LogP contribution is -2.25. The van der Waals surface area contributed by atoms with Crippen molar-refractivity contribution < 1.29 is 0 Å². The summed E-state index contributed by atoms with van der Waals surface area (Å²) in [6.07, 6.45) is 3.50. The molecule has 0 saturated carbocycles. The van der Waals surface area contributed by atoms with Crippen molar-refractivity contribution in [3.05, 3.63) is 41.7 Å². The molecule has 1 rings (SSSR count). The number of hydrogen-bond acceptors (Lipinski definition) is 3. The molecule has 5 heteroatoms. The second-order valence-electron chi connectivity index (χ2n) is 2.80. The largest absolute Gasteiger partial charge is 0.333 e. The van der Waals surface area contributed by atoms with Gasteiger partial charge in [-0.15, -0.1) is 13.2 Å². The second kappa shape index (κ2) is 5.73. The number of anilines is 1. The Morgan fingerprint density at radius 2 is 1.60 bits per heavy atom. The molecule has 0 N–H and O–H groups in total. The molecule has 0 saturated heterocycles. The van der Waals surface area contributed by atoms with Crippen molar-refractivity contribution >= 4 is 29.2 Å². The molecule has 0 radical (unpaired) electrons. The third-order valence-corrected chi connectivity index (χ3v) is 2.02. The molecule has 0 amide bonds. The van der Waals surface area contributed by atoms with E-state index in [0.717, 1.165) is 0 Å². The van der Waals surface area contributed by atoms with E-state index in [1.165, 1.54) is 6.07 Å². The summed E-state index contributed by atoms with van der Waals surface area (Å²) in [6, 6.07) is 1.49. The molecule has 0 aliphatic rings. The zero-order valence-corrected chi connectivity index (χ0v) is 9.67. The average molecular weight is 244 g/mol. The van der Waals surface area contributed by atoms with Gasteiger partial charge in [0.15, 0.2) is 0 Å². The summed E-state index contributed by atoms with van der Waals surface area (Å²) in [4.78, 5) is 10.0. The number of hydrogen-bond donors (Lipinski definition) is 0. The zero-order chi connectivity index (χ0) is 11.3. The van der Waals surface area contributed by atoms with Crippen LogP contribution in [0.1, 0.15) is 0 Å². The highest BCUT2D eigenvalue weighted by atomic mass is 35.5. The Kier molecular flexibility index (Phi) is 4.59. The molecule has 1 aromatic rings. The minimum Gasteiger partial charge on any atom is -0.333 e. The van der Waals surface area contributed by atoms with E-state index in [4.69, 9.17) is 23.2 Å². The van der Waals surface area contributed by atoms with Gasteiger partial charge in [0.05, 0.1) is 0 Å². The summed E-state index contributed by atoms with van der Waals surface area (Å²) >= 11 is 11.6. The quantitative estimate of drug-likeness (QED) is 0.589. The fraction of sp³-hybridized carbons (Fsp3) is 0.200. The average Bonchev–Trinajstić information content (AvgIpc) is 2.16. The van der Waals surface area contributed by atoms with Gasteiger partial charge in [-0.1, -0.05) is 35.4 Å². The van der Waals surface area contributed by atoms with Gasteiger partial charge in [0.25, 0.3) is 0 Å². The van der Waals surface area contributed by atoms with Crippen molar-refractivity contribution in [2.45, 2.75) is 0 Å². The normalized spacial score (nSPS) is 9.73. The van der Waals surface area contributed by atoms with Crippen LogP contribution in [0, 0.1) is 0 Å². The van der Waals surface area contributed by atoms with Gasteiger partial charge >= 0.3 is 0 Å². The summed E-state index contributed by atoms with van der Waals surface area (Å²) in [5, 5.41) is 0.645. The maximum absolute atomic E-state index is 5.78. The lowest BCUT2D eigenvalue weighted by molar-refractivity contribution is 0.890. The molecule has 0 aromatic carbocycles. The van der Waals surface area contributed by atoms with E-state index in [1.54, 1.807) is 12.2 Å². The fourth-order valence-corrected chi connectivity index (χ4v) is 1.48. The molecule has 0 aliphatic heterocycles. The van der Waals surface area contributed by atoms with Crippen molar-refractivity contribution in [2.24, 2.45) is 0 Å². The number of aromatic nitrogens is 2. The van der Waals surface area contributed by atoms with Crippen LogP contribution in [-0.2, 0) is 0 Å². The molecule has 0 fully saturated rings. The van der Waals surface area contributed by atoms with Gasteiger partial charge in [-0.3, -0.25) is 0 Å². The first-order valence-electron chi connectivity index (χ1n) is 4.34. The highest BCUT2D eigenvalue weighted by molar-refractivity contribution is 6.33. The number of nitrogens with zero attached hydrogens (tertiary/aromatic N) is 3. The van der Waals surface area contributed by atoms with Gasteiger partial charge in [-0.2, -0.15) is 0 Å². The number of halogens is 2. The van der Waals surface area contributed by atoms with Crippen LogP contribution in [0.4, 0.5) is 5.95 Å². The van der Waals surface area contributed by atoms with Crippen LogP contribution >= 0.6 is 23.2 Å². The lowest BCUT2D eigenvalue weighted by Gasteiger charge is -2.18. The van der Waals surface area contributed by atoms with E-state index in [0.29, 0.717) is 29.3 Å². The van der Waals surface area contributed by atoms with E-state index in [-0.39, 0.29) is 0 Å². The number of rotatable bonds is 5. The minimum atomic E-state index is 0.322. The first kappa shape index (κ1) is 12.0. The van der Waals surface area contributed by atoms with Crippen LogP contribution in [0.25, 0.3) is 0 Å². The molecule has 3 nitrogen and oxygen atoms in total. The molecule has 0 aliphatic carbocycles. The summed E-state index contributed by atoms with van der Waals surface area (Å²) < 4.78 is 0. The van der Waals surface area contributed by atoms with Gasteiger partial charge in [0.2, 0.25) is 5.95 Å². The van der Waals surface area contributed by atoms with Gasteiger partial charge in [0.1, 0.15) is 10.3 Å². The lowest BCUT2D eigenvalue weighted by atomic mass is 10.4. The van der Waals surface area contributed by atoms with Crippen LogP contribution in [0.3, 0.4) is 0 Å². The Labute approximate surface area is 99.0 Å². The van der Waals surface area contributed by atoms with Crippen molar-refractivity contribution in [3.8, 4) is 0 Å². The summed E-state index contributed by atoms with van der Waals surface area (Å²) in [7, 11) is 0. The summed E-state index contributed by atoms with van der Waals surface area (Å²) in [6.45, 7) is 8.54. The van der Waals surface area contributed by atoms with E-state index in [2.05, 4.69) is 23.1 Å². The SMILES string of the molecule is C=CCN(CC=C)c1nc(Cl)cc(Cl)n1. The molecule has 0 bridgehead atoms. The van der Waals surface area contributed by atoms with Crippen LogP contribution in [-0.4, -0.2) is 23.1 Å².